The molecule has 1 aliphatic carbocycles. The van der Waals surface area contributed by atoms with Crippen LogP contribution in [0.2, 0.25) is 0 Å². The van der Waals surface area contributed by atoms with E-state index in [1.54, 1.807) is 0 Å². The molecule has 3 aliphatic rings. The lowest BCUT2D eigenvalue weighted by molar-refractivity contribution is -0.118. The molecule has 0 aromatic heterocycles. The third-order valence-corrected chi connectivity index (χ3v) is 5.50. The standard InChI is InChI=1S/C18H25NO/c1-13(2)19-11-9-18(10-12-19)16-6-4-3-5-15(16)17(20-18)14-7-8-14/h3-6,13-14,17H,7-12H2,1-2H3. The Kier molecular flexibility index (Phi) is 2.94. The minimum Gasteiger partial charge on any atom is -0.362 e. The van der Waals surface area contributed by atoms with Crippen LogP contribution in [0.3, 0.4) is 0 Å². The van der Waals surface area contributed by atoms with E-state index in [9.17, 15) is 0 Å². The molecule has 1 aromatic rings. The fourth-order valence-electron chi connectivity index (χ4n) is 4.07. The summed E-state index contributed by atoms with van der Waals surface area (Å²) in [6, 6.07) is 9.65. The molecular weight excluding hydrogens is 246 g/mol. The topological polar surface area (TPSA) is 12.5 Å². The molecule has 0 radical (unpaired) electrons. The molecule has 2 heteroatoms. The van der Waals surface area contributed by atoms with E-state index in [-0.39, 0.29) is 5.60 Å². The molecule has 4 rings (SSSR count). The number of ether oxygens (including phenoxy) is 1. The zero-order valence-electron chi connectivity index (χ0n) is 12.6. The maximum atomic E-state index is 6.69. The van der Waals surface area contributed by atoms with Crippen molar-refractivity contribution >= 4 is 0 Å². The first-order valence-corrected chi connectivity index (χ1v) is 8.21. The van der Waals surface area contributed by atoms with Gasteiger partial charge in [-0.25, -0.2) is 0 Å². The van der Waals surface area contributed by atoms with Gasteiger partial charge < -0.3 is 9.64 Å². The Hall–Kier alpha value is -0.860. The second kappa shape index (κ2) is 4.57. The minimum absolute atomic E-state index is 0.0231. The molecule has 1 saturated carbocycles. The summed E-state index contributed by atoms with van der Waals surface area (Å²) in [5.41, 5.74) is 3.02. The molecule has 20 heavy (non-hydrogen) atoms. The number of hydrogen-bond donors (Lipinski definition) is 0. The van der Waals surface area contributed by atoms with Gasteiger partial charge in [0, 0.05) is 19.1 Å². The van der Waals surface area contributed by atoms with Crippen molar-refractivity contribution in [2.24, 2.45) is 5.92 Å². The summed E-state index contributed by atoms with van der Waals surface area (Å²) in [6.45, 7) is 6.94. The Balaban J connectivity index is 1.63. The van der Waals surface area contributed by atoms with E-state index >= 15 is 0 Å². The number of likely N-dealkylation sites (tertiary alicyclic amines) is 1. The molecule has 2 aliphatic heterocycles. The molecule has 108 valence electrons. The van der Waals surface area contributed by atoms with Crippen LogP contribution < -0.4 is 0 Å². The maximum Gasteiger partial charge on any atom is 0.0967 e. The Labute approximate surface area is 122 Å². The smallest absolute Gasteiger partial charge is 0.0967 e. The molecule has 2 heterocycles. The van der Waals surface area contributed by atoms with Crippen molar-refractivity contribution in [1.29, 1.82) is 0 Å². The minimum atomic E-state index is 0.0231. The zero-order valence-corrected chi connectivity index (χ0v) is 12.6. The van der Waals surface area contributed by atoms with Gasteiger partial charge in [0.1, 0.15) is 0 Å². The first kappa shape index (κ1) is 12.8. The molecule has 2 fully saturated rings. The second-order valence-corrected chi connectivity index (χ2v) is 7.09. The Morgan fingerprint density at radius 1 is 1.15 bits per heavy atom. The predicted molar refractivity (Wildman–Crippen MR) is 80.6 cm³/mol. The SMILES string of the molecule is CC(C)N1CCC2(CC1)OC(C1CC1)c1ccccc12. The molecule has 1 aromatic carbocycles. The van der Waals surface area contributed by atoms with Crippen molar-refractivity contribution in [2.75, 3.05) is 13.1 Å². The van der Waals surface area contributed by atoms with E-state index in [1.165, 1.54) is 37.1 Å². The van der Waals surface area contributed by atoms with Crippen LogP contribution in [-0.4, -0.2) is 24.0 Å². The highest BCUT2D eigenvalue weighted by atomic mass is 16.5. The summed E-state index contributed by atoms with van der Waals surface area (Å²) in [7, 11) is 0. The highest BCUT2D eigenvalue weighted by Crippen LogP contribution is 2.56. The van der Waals surface area contributed by atoms with Crippen molar-refractivity contribution in [3.05, 3.63) is 35.4 Å². The third kappa shape index (κ3) is 1.93. The number of nitrogens with zero attached hydrogens (tertiary/aromatic N) is 1. The molecule has 0 bridgehead atoms. The number of rotatable bonds is 2. The van der Waals surface area contributed by atoms with Crippen molar-refractivity contribution in [2.45, 2.75) is 57.3 Å². The van der Waals surface area contributed by atoms with Gasteiger partial charge in [-0.05, 0) is 56.6 Å². The van der Waals surface area contributed by atoms with Gasteiger partial charge in [-0.2, -0.15) is 0 Å². The molecule has 1 spiro atoms. The van der Waals surface area contributed by atoms with Crippen LogP contribution in [0.1, 0.15) is 56.8 Å². The molecule has 0 amide bonds. The lowest BCUT2D eigenvalue weighted by Gasteiger charge is -2.41. The maximum absolute atomic E-state index is 6.69. The monoisotopic (exact) mass is 271 g/mol. The zero-order chi connectivity index (χ0) is 13.7. The van der Waals surface area contributed by atoms with Gasteiger partial charge in [-0.1, -0.05) is 24.3 Å². The lowest BCUT2D eigenvalue weighted by atomic mass is 9.83. The van der Waals surface area contributed by atoms with Crippen molar-refractivity contribution in [1.82, 2.24) is 4.90 Å². The van der Waals surface area contributed by atoms with E-state index in [4.69, 9.17) is 4.74 Å². The van der Waals surface area contributed by atoms with Gasteiger partial charge in [0.2, 0.25) is 0 Å². The van der Waals surface area contributed by atoms with E-state index < -0.39 is 0 Å². The van der Waals surface area contributed by atoms with Crippen LogP contribution in [0.5, 0.6) is 0 Å². The summed E-state index contributed by atoms with van der Waals surface area (Å²) in [6.07, 6.45) is 5.41. The molecule has 0 N–H and O–H groups in total. The van der Waals surface area contributed by atoms with Gasteiger partial charge in [-0.3, -0.25) is 0 Å². The summed E-state index contributed by atoms with van der Waals surface area (Å²) >= 11 is 0. The lowest BCUT2D eigenvalue weighted by Crippen LogP contribution is -2.45. The predicted octanol–water partition coefficient (Wildman–Crippen LogP) is 3.87. The Morgan fingerprint density at radius 2 is 1.85 bits per heavy atom. The average Bonchev–Trinajstić information content (AvgIpc) is 3.26. The van der Waals surface area contributed by atoms with E-state index in [0.29, 0.717) is 12.1 Å². The average molecular weight is 271 g/mol. The summed E-state index contributed by atoms with van der Waals surface area (Å²) in [5.74, 6) is 0.790. The normalized spacial score (nSPS) is 29.1. The highest BCUT2D eigenvalue weighted by Gasteiger charge is 2.50. The van der Waals surface area contributed by atoms with E-state index in [0.717, 1.165) is 18.8 Å². The fraction of sp³-hybridized carbons (Fsp3) is 0.667. The van der Waals surface area contributed by atoms with Crippen LogP contribution in [0, 0.1) is 5.92 Å². The number of fused-ring (bicyclic) bond motifs is 2. The molecule has 1 saturated heterocycles. The van der Waals surface area contributed by atoms with Gasteiger partial charge >= 0.3 is 0 Å². The fourth-order valence-corrected chi connectivity index (χ4v) is 4.07. The van der Waals surface area contributed by atoms with Crippen LogP contribution in [-0.2, 0) is 10.3 Å². The van der Waals surface area contributed by atoms with Gasteiger partial charge in [0.25, 0.3) is 0 Å². The van der Waals surface area contributed by atoms with Crippen LogP contribution >= 0.6 is 0 Å². The quantitative estimate of drug-likeness (QED) is 0.809. The molecule has 1 unspecified atom stereocenters. The third-order valence-electron chi connectivity index (χ3n) is 5.50. The van der Waals surface area contributed by atoms with Crippen molar-refractivity contribution in [3.8, 4) is 0 Å². The van der Waals surface area contributed by atoms with E-state index in [1.807, 2.05) is 0 Å². The molecule has 1 atom stereocenters. The number of hydrogen-bond acceptors (Lipinski definition) is 2. The summed E-state index contributed by atoms with van der Waals surface area (Å²) in [4.78, 5) is 2.58. The molecule has 2 nitrogen and oxygen atoms in total. The van der Waals surface area contributed by atoms with Crippen molar-refractivity contribution < 1.29 is 4.74 Å². The highest BCUT2D eigenvalue weighted by molar-refractivity contribution is 5.39. The second-order valence-electron chi connectivity index (χ2n) is 7.09. The summed E-state index contributed by atoms with van der Waals surface area (Å²) < 4.78 is 6.69. The van der Waals surface area contributed by atoms with Gasteiger partial charge in [0.15, 0.2) is 0 Å². The van der Waals surface area contributed by atoms with Crippen molar-refractivity contribution in [3.63, 3.8) is 0 Å². The first-order valence-electron chi connectivity index (χ1n) is 8.21. The summed E-state index contributed by atoms with van der Waals surface area (Å²) in [5, 5.41) is 0. The Morgan fingerprint density at radius 3 is 2.50 bits per heavy atom. The van der Waals surface area contributed by atoms with Crippen LogP contribution in [0.25, 0.3) is 0 Å². The number of benzene rings is 1. The van der Waals surface area contributed by atoms with E-state index in [2.05, 4.69) is 43.0 Å². The first-order chi connectivity index (χ1) is 9.70. The number of piperidine rings is 1. The Bertz CT molecular complexity index is 498. The largest absolute Gasteiger partial charge is 0.362 e. The van der Waals surface area contributed by atoms with Gasteiger partial charge in [-0.15, -0.1) is 0 Å². The van der Waals surface area contributed by atoms with Gasteiger partial charge in [0.05, 0.1) is 11.7 Å². The van der Waals surface area contributed by atoms with Crippen LogP contribution in [0.4, 0.5) is 0 Å². The molecular formula is C18H25NO. The van der Waals surface area contributed by atoms with Crippen LogP contribution in [0.15, 0.2) is 24.3 Å².